The predicted octanol–water partition coefficient (Wildman–Crippen LogP) is 3.00. The third-order valence-corrected chi connectivity index (χ3v) is 3.46. The second-order valence-corrected chi connectivity index (χ2v) is 5.03. The molecule has 0 radical (unpaired) electrons. The van der Waals surface area contributed by atoms with E-state index in [1.54, 1.807) is 0 Å². The van der Waals surface area contributed by atoms with Crippen LogP contribution in [-0.4, -0.2) is 16.1 Å². The summed E-state index contributed by atoms with van der Waals surface area (Å²) >= 11 is 3.22. The third-order valence-electron chi connectivity index (χ3n) is 2.81. The van der Waals surface area contributed by atoms with Gasteiger partial charge >= 0.3 is 0 Å². The van der Waals surface area contributed by atoms with Gasteiger partial charge in [0.05, 0.1) is 5.70 Å². The van der Waals surface area contributed by atoms with Gasteiger partial charge in [-0.15, -0.1) is 0 Å². The maximum absolute atomic E-state index is 12.9. The Balaban J connectivity index is 2.43. The Morgan fingerprint density at radius 3 is 2.50 bits per heavy atom. The molecule has 4 N–H and O–H groups in total. The lowest BCUT2D eigenvalue weighted by Gasteiger charge is -2.15. The van der Waals surface area contributed by atoms with E-state index >= 15 is 0 Å². The molecule has 0 amide bonds. The van der Waals surface area contributed by atoms with Crippen LogP contribution in [0.5, 0.6) is 0 Å². The molecule has 0 spiro atoms. The summed E-state index contributed by atoms with van der Waals surface area (Å²) in [4.78, 5) is 0. The normalized spacial score (nSPS) is 18.2. The van der Waals surface area contributed by atoms with E-state index in [1.807, 2.05) is 11.5 Å². The van der Waals surface area contributed by atoms with Gasteiger partial charge in [0.25, 0.3) is 0 Å². The quantitative estimate of drug-likeness (QED) is 0.375. The minimum absolute atomic E-state index is 0.0749. The van der Waals surface area contributed by atoms with Gasteiger partial charge in [0, 0.05) is 15.7 Å². The van der Waals surface area contributed by atoms with Crippen molar-refractivity contribution in [2.24, 2.45) is 5.16 Å². The smallest absolute Gasteiger partial charge is 0.127 e. The summed E-state index contributed by atoms with van der Waals surface area (Å²) in [5.41, 5.74) is 3.20. The van der Waals surface area contributed by atoms with E-state index in [9.17, 15) is 9.65 Å². The fourth-order valence-electron chi connectivity index (χ4n) is 1.76. The maximum atomic E-state index is 12.9. The van der Waals surface area contributed by atoms with E-state index in [0.29, 0.717) is 15.7 Å². The summed E-state index contributed by atoms with van der Waals surface area (Å²) < 4.78 is 13.4. The number of hydrogen-bond acceptors (Lipinski definition) is 6. The molecular formula is C14H10BrFN4O2. The lowest BCUT2D eigenvalue weighted by atomic mass is 10.0. The number of nitriles is 1. The molecule has 0 aliphatic heterocycles. The zero-order chi connectivity index (χ0) is 16.1. The molecule has 1 aromatic carbocycles. The highest BCUT2D eigenvalue weighted by molar-refractivity contribution is 9.12. The van der Waals surface area contributed by atoms with Crippen LogP contribution in [0.4, 0.5) is 10.1 Å². The van der Waals surface area contributed by atoms with Crippen LogP contribution < -0.4 is 10.8 Å². The second-order valence-electron chi connectivity index (χ2n) is 4.18. The van der Waals surface area contributed by atoms with E-state index in [4.69, 9.17) is 10.4 Å². The van der Waals surface area contributed by atoms with Crippen molar-refractivity contribution < 1.29 is 14.8 Å². The van der Waals surface area contributed by atoms with Crippen molar-refractivity contribution in [1.82, 2.24) is 5.48 Å². The molecule has 0 saturated heterocycles. The largest absolute Gasteiger partial charge is 0.410 e. The molecule has 8 heteroatoms. The van der Waals surface area contributed by atoms with Gasteiger partial charge in [-0.1, -0.05) is 5.16 Å². The molecule has 0 saturated carbocycles. The minimum atomic E-state index is -0.392. The number of hydrogen-bond donors (Lipinski definition) is 4. The number of oxime groups is 1. The van der Waals surface area contributed by atoms with Crippen LogP contribution in [0.3, 0.4) is 0 Å². The lowest BCUT2D eigenvalue weighted by Crippen LogP contribution is -2.17. The fraction of sp³-hybridized carbons (Fsp3) is 0. The molecule has 1 aliphatic rings. The first kappa shape index (κ1) is 15.8. The zero-order valence-electron chi connectivity index (χ0n) is 11.0. The molecule has 0 unspecified atom stereocenters. The Morgan fingerprint density at radius 1 is 1.27 bits per heavy atom. The molecule has 0 fully saturated rings. The summed E-state index contributed by atoms with van der Waals surface area (Å²) in [5.74, 6) is -0.392. The Morgan fingerprint density at radius 2 is 1.95 bits per heavy atom. The number of rotatable bonds is 3. The van der Waals surface area contributed by atoms with E-state index in [2.05, 4.69) is 26.4 Å². The highest BCUT2D eigenvalue weighted by Crippen LogP contribution is 2.26. The minimum Gasteiger partial charge on any atom is -0.410 e. The first-order valence-electron chi connectivity index (χ1n) is 5.97. The van der Waals surface area contributed by atoms with Gasteiger partial charge in [0.1, 0.15) is 23.3 Å². The van der Waals surface area contributed by atoms with Crippen LogP contribution >= 0.6 is 15.9 Å². The molecule has 2 rings (SSSR count). The standard InChI is InChI=1S/C14H10BrFN4O2/c15-11-5-10(12(19-21)6-13(11)20-22)14(7-17)18-9-3-1-8(16)2-4-9/h1-6,18,20-22H/b14-10-,19-12+. The van der Waals surface area contributed by atoms with Crippen LogP contribution in [0.1, 0.15) is 0 Å². The first-order valence-corrected chi connectivity index (χ1v) is 6.77. The number of nitrogens with one attached hydrogen (secondary N) is 2. The van der Waals surface area contributed by atoms with Gasteiger partial charge in [0.15, 0.2) is 0 Å². The van der Waals surface area contributed by atoms with Crippen molar-refractivity contribution in [3.8, 4) is 6.07 Å². The average Bonchev–Trinajstić information content (AvgIpc) is 2.54. The Bertz CT molecular complexity index is 745. The summed E-state index contributed by atoms with van der Waals surface area (Å²) in [6.07, 6.45) is 2.85. The lowest BCUT2D eigenvalue weighted by molar-refractivity contribution is 0.204. The summed E-state index contributed by atoms with van der Waals surface area (Å²) in [5, 5.41) is 33.3. The summed E-state index contributed by atoms with van der Waals surface area (Å²) in [6, 6.07) is 7.41. The monoisotopic (exact) mass is 364 g/mol. The highest BCUT2D eigenvalue weighted by Gasteiger charge is 2.19. The Kier molecular flexibility index (Phi) is 4.93. The molecule has 0 heterocycles. The molecule has 112 valence electrons. The van der Waals surface area contributed by atoms with E-state index in [-0.39, 0.29) is 17.1 Å². The predicted molar refractivity (Wildman–Crippen MR) is 81.9 cm³/mol. The van der Waals surface area contributed by atoms with Crippen molar-refractivity contribution in [2.45, 2.75) is 0 Å². The fourth-order valence-corrected chi connectivity index (χ4v) is 2.20. The van der Waals surface area contributed by atoms with E-state index in [0.717, 1.165) is 0 Å². The number of allylic oxidation sites excluding steroid dienone is 5. The van der Waals surface area contributed by atoms with Gasteiger partial charge in [-0.2, -0.15) is 5.26 Å². The van der Waals surface area contributed by atoms with Gasteiger partial charge in [-0.3, -0.25) is 10.7 Å². The van der Waals surface area contributed by atoms with E-state index < -0.39 is 5.82 Å². The topological polar surface area (TPSA) is 101 Å². The van der Waals surface area contributed by atoms with Gasteiger partial charge < -0.3 is 10.5 Å². The Hall–Kier alpha value is -2.63. The van der Waals surface area contributed by atoms with Crippen molar-refractivity contribution in [3.63, 3.8) is 0 Å². The Labute approximate surface area is 133 Å². The zero-order valence-corrected chi connectivity index (χ0v) is 12.6. The molecule has 1 aromatic rings. The van der Waals surface area contributed by atoms with Crippen LogP contribution in [-0.2, 0) is 0 Å². The number of benzene rings is 1. The molecular weight excluding hydrogens is 355 g/mol. The molecule has 0 atom stereocenters. The molecule has 0 aromatic heterocycles. The molecule has 0 bridgehead atoms. The van der Waals surface area contributed by atoms with Crippen LogP contribution in [0.2, 0.25) is 0 Å². The van der Waals surface area contributed by atoms with Gasteiger partial charge in [-0.25, -0.2) is 4.39 Å². The van der Waals surface area contributed by atoms with Gasteiger partial charge in [0.2, 0.25) is 0 Å². The van der Waals surface area contributed by atoms with Crippen molar-refractivity contribution in [2.75, 3.05) is 5.32 Å². The number of hydroxylamine groups is 1. The number of anilines is 1. The molecule has 1 aliphatic carbocycles. The number of nitrogens with zero attached hydrogens (tertiary/aromatic N) is 2. The maximum Gasteiger partial charge on any atom is 0.127 e. The third kappa shape index (κ3) is 3.33. The average molecular weight is 365 g/mol. The number of halogens is 2. The highest BCUT2D eigenvalue weighted by atomic mass is 79.9. The van der Waals surface area contributed by atoms with Crippen LogP contribution in [0.25, 0.3) is 0 Å². The summed E-state index contributed by atoms with van der Waals surface area (Å²) in [6.45, 7) is 0. The summed E-state index contributed by atoms with van der Waals surface area (Å²) in [7, 11) is 0. The van der Waals surface area contributed by atoms with Crippen LogP contribution in [0, 0.1) is 17.1 Å². The first-order chi connectivity index (χ1) is 10.6. The second kappa shape index (κ2) is 6.89. The van der Waals surface area contributed by atoms with Crippen LogP contribution in [0.15, 0.2) is 63.0 Å². The SMILES string of the molecule is N#C/C(Nc1ccc(F)cc1)=C1\C=C(Br)C(NO)=C\C1=N/O. The molecule has 22 heavy (non-hydrogen) atoms. The van der Waals surface area contributed by atoms with Crippen molar-refractivity contribution in [3.05, 3.63) is 63.7 Å². The van der Waals surface area contributed by atoms with E-state index in [1.165, 1.54) is 36.4 Å². The van der Waals surface area contributed by atoms with Gasteiger partial charge in [-0.05, 0) is 52.3 Å². The van der Waals surface area contributed by atoms with Crippen molar-refractivity contribution in [1.29, 1.82) is 5.26 Å². The van der Waals surface area contributed by atoms with Crippen molar-refractivity contribution >= 4 is 27.3 Å². The molecule has 6 nitrogen and oxygen atoms in total.